The highest BCUT2D eigenvalue weighted by atomic mass is 32.2. The van der Waals surface area contributed by atoms with E-state index in [-0.39, 0.29) is 6.54 Å². The molecular formula is C24H29N3O6S. The van der Waals surface area contributed by atoms with Crippen molar-refractivity contribution in [1.82, 2.24) is 9.21 Å². The first-order chi connectivity index (χ1) is 16.3. The quantitative estimate of drug-likeness (QED) is 0.621. The van der Waals surface area contributed by atoms with Crippen LogP contribution < -0.4 is 9.46 Å². The average molecular weight is 488 g/mol. The van der Waals surface area contributed by atoms with Crippen LogP contribution >= 0.6 is 0 Å². The van der Waals surface area contributed by atoms with Crippen LogP contribution in [0.15, 0.2) is 48.5 Å². The number of ether oxygens (including phenoxy) is 2. The van der Waals surface area contributed by atoms with Crippen LogP contribution in [-0.4, -0.2) is 67.8 Å². The van der Waals surface area contributed by atoms with E-state index in [1.165, 1.54) is 16.3 Å². The van der Waals surface area contributed by atoms with Gasteiger partial charge in [-0.3, -0.25) is 9.62 Å². The first-order valence-corrected chi connectivity index (χ1v) is 12.8. The molecular weight excluding hydrogens is 458 g/mol. The lowest BCUT2D eigenvalue weighted by Gasteiger charge is -2.29. The van der Waals surface area contributed by atoms with E-state index in [2.05, 4.69) is 4.72 Å². The molecule has 2 N–H and O–H groups in total. The number of fused-ring (bicyclic) bond motifs is 1. The van der Waals surface area contributed by atoms with Crippen LogP contribution in [0, 0.1) is 18.8 Å². The van der Waals surface area contributed by atoms with E-state index in [1.807, 2.05) is 31.2 Å². The maximum atomic E-state index is 12.8. The SMILES string of the molecule is CO[C@@H]1CN(C(=O)O)C(c2ccccc2C)[C@H]1Oc1cccc(NS(=O)(=O)N2CC3CC3C2)c1. The topological polar surface area (TPSA) is 108 Å². The van der Waals surface area contributed by atoms with Crippen molar-refractivity contribution in [3.05, 3.63) is 59.7 Å². The predicted molar refractivity (Wildman–Crippen MR) is 126 cm³/mol. The molecule has 1 saturated carbocycles. The summed E-state index contributed by atoms with van der Waals surface area (Å²) < 4.78 is 41.7. The van der Waals surface area contributed by atoms with Crippen molar-refractivity contribution in [3.8, 4) is 5.75 Å². The van der Waals surface area contributed by atoms with Crippen LogP contribution in [0.1, 0.15) is 23.6 Å². The van der Waals surface area contributed by atoms with Gasteiger partial charge in [0.15, 0.2) is 6.10 Å². The number of hydrogen-bond acceptors (Lipinski definition) is 5. The number of nitrogens with zero attached hydrogens (tertiary/aromatic N) is 2. The second-order valence-electron chi connectivity index (χ2n) is 9.30. The predicted octanol–water partition coefficient (Wildman–Crippen LogP) is 3.10. The van der Waals surface area contributed by atoms with E-state index in [0.717, 1.165) is 17.5 Å². The Bertz CT molecular complexity index is 1180. The molecule has 1 amide bonds. The summed E-state index contributed by atoms with van der Waals surface area (Å²) >= 11 is 0. The van der Waals surface area contributed by atoms with Crippen LogP contribution in [0.2, 0.25) is 0 Å². The van der Waals surface area contributed by atoms with Crippen molar-refractivity contribution in [3.63, 3.8) is 0 Å². The molecule has 5 atom stereocenters. The van der Waals surface area contributed by atoms with Crippen LogP contribution in [0.25, 0.3) is 0 Å². The molecule has 182 valence electrons. The van der Waals surface area contributed by atoms with E-state index in [0.29, 0.717) is 36.4 Å². The number of aryl methyl sites for hydroxylation is 1. The molecule has 2 aromatic carbocycles. The molecule has 2 saturated heterocycles. The minimum absolute atomic E-state index is 0.166. The Balaban J connectivity index is 1.39. The molecule has 0 spiro atoms. The number of anilines is 1. The Morgan fingerprint density at radius 2 is 1.82 bits per heavy atom. The average Bonchev–Trinajstić information content (AvgIpc) is 3.23. The number of amides is 1. The van der Waals surface area contributed by atoms with Gasteiger partial charge in [-0.25, -0.2) is 4.79 Å². The van der Waals surface area contributed by atoms with Gasteiger partial charge in [0, 0.05) is 26.3 Å². The molecule has 0 bridgehead atoms. The molecule has 0 radical (unpaired) electrons. The highest BCUT2D eigenvalue weighted by Gasteiger charge is 2.49. The molecule has 1 aliphatic carbocycles. The Hall–Kier alpha value is -2.82. The molecule has 34 heavy (non-hydrogen) atoms. The number of benzene rings is 2. The van der Waals surface area contributed by atoms with Crippen molar-refractivity contribution in [1.29, 1.82) is 0 Å². The molecule has 2 heterocycles. The van der Waals surface area contributed by atoms with Crippen LogP contribution in [0.4, 0.5) is 10.5 Å². The van der Waals surface area contributed by atoms with E-state index in [4.69, 9.17) is 9.47 Å². The molecule has 3 aliphatic rings. The van der Waals surface area contributed by atoms with E-state index < -0.39 is 34.6 Å². The second kappa shape index (κ2) is 8.75. The van der Waals surface area contributed by atoms with Crippen molar-refractivity contribution in [2.24, 2.45) is 11.8 Å². The van der Waals surface area contributed by atoms with Gasteiger partial charge in [-0.1, -0.05) is 30.3 Å². The second-order valence-corrected chi connectivity index (χ2v) is 11.0. The van der Waals surface area contributed by atoms with Crippen molar-refractivity contribution < 1.29 is 27.8 Å². The molecule has 2 aromatic rings. The molecule has 2 aliphatic heterocycles. The molecule has 0 aromatic heterocycles. The fourth-order valence-corrected chi connectivity index (χ4v) is 6.49. The van der Waals surface area contributed by atoms with Gasteiger partial charge in [0.2, 0.25) is 0 Å². The first kappa shape index (κ1) is 22.9. The zero-order chi connectivity index (χ0) is 24.0. The monoisotopic (exact) mass is 487 g/mol. The maximum absolute atomic E-state index is 12.8. The summed E-state index contributed by atoms with van der Waals surface area (Å²) in [6.07, 6.45) is -1.03. The normalized spacial score (nSPS) is 28.5. The lowest BCUT2D eigenvalue weighted by atomic mass is 9.96. The Morgan fingerprint density at radius 1 is 1.09 bits per heavy atom. The smallest absolute Gasteiger partial charge is 0.408 e. The number of rotatable bonds is 7. The third-order valence-corrected chi connectivity index (χ3v) is 8.56. The van der Waals surface area contributed by atoms with Gasteiger partial charge in [0.1, 0.15) is 17.9 Å². The highest BCUT2D eigenvalue weighted by molar-refractivity contribution is 7.90. The molecule has 3 fully saturated rings. The third-order valence-electron chi connectivity index (χ3n) is 7.08. The van der Waals surface area contributed by atoms with Crippen molar-refractivity contribution >= 4 is 22.0 Å². The van der Waals surface area contributed by atoms with Crippen LogP contribution in [0.3, 0.4) is 0 Å². The largest absolute Gasteiger partial charge is 0.485 e. The number of piperidine rings is 1. The van der Waals surface area contributed by atoms with Gasteiger partial charge in [-0.2, -0.15) is 12.7 Å². The fraction of sp³-hybridized carbons (Fsp3) is 0.458. The summed E-state index contributed by atoms with van der Waals surface area (Å²) in [5.74, 6) is 1.42. The van der Waals surface area contributed by atoms with E-state index in [1.54, 1.807) is 24.3 Å². The standard InChI is InChI=1S/C24H29N3O6S/c1-15-6-3-4-9-20(15)22-23(21(32-2)14-27(22)24(28)29)33-19-8-5-7-18(11-19)25-34(30,31)26-12-16-10-17(16)13-26/h3-9,11,16-17,21-23,25H,10,12-14H2,1-2H3,(H,28,29)/t16?,17?,21-,22?,23+/m1/s1. The maximum Gasteiger partial charge on any atom is 0.408 e. The van der Waals surface area contributed by atoms with Crippen molar-refractivity contribution in [2.45, 2.75) is 31.6 Å². The van der Waals surface area contributed by atoms with Crippen molar-refractivity contribution in [2.75, 3.05) is 31.5 Å². The highest BCUT2D eigenvalue weighted by Crippen LogP contribution is 2.46. The lowest BCUT2D eigenvalue weighted by Crippen LogP contribution is -2.36. The Kier molecular flexibility index (Phi) is 5.91. The minimum atomic E-state index is -3.64. The third kappa shape index (κ3) is 4.33. The molecule has 3 unspecified atom stereocenters. The van der Waals surface area contributed by atoms with Crippen LogP contribution in [0.5, 0.6) is 5.75 Å². The molecule has 10 heteroatoms. The van der Waals surface area contributed by atoms with E-state index >= 15 is 0 Å². The number of nitrogens with one attached hydrogen (secondary N) is 1. The van der Waals surface area contributed by atoms with Gasteiger partial charge in [-0.15, -0.1) is 0 Å². The zero-order valence-corrected chi connectivity index (χ0v) is 19.9. The molecule has 5 rings (SSSR count). The lowest BCUT2D eigenvalue weighted by molar-refractivity contribution is 0.0228. The minimum Gasteiger partial charge on any atom is -0.485 e. The number of carbonyl (C=O) groups is 1. The Labute approximate surface area is 199 Å². The summed E-state index contributed by atoms with van der Waals surface area (Å²) in [5, 5.41) is 9.86. The van der Waals surface area contributed by atoms with Gasteiger partial charge in [-0.05, 0) is 48.4 Å². The zero-order valence-electron chi connectivity index (χ0n) is 19.1. The number of likely N-dealkylation sites (tertiary alicyclic amines) is 1. The fourth-order valence-electron chi connectivity index (χ4n) is 5.16. The van der Waals surface area contributed by atoms with Gasteiger partial charge >= 0.3 is 16.3 Å². The van der Waals surface area contributed by atoms with Crippen LogP contribution in [-0.2, 0) is 14.9 Å². The summed E-state index contributed by atoms with van der Waals surface area (Å²) in [6.45, 7) is 3.23. The van der Waals surface area contributed by atoms with Gasteiger partial charge < -0.3 is 14.6 Å². The number of hydrogen-bond donors (Lipinski definition) is 2. The summed E-state index contributed by atoms with van der Waals surface area (Å²) in [7, 11) is -2.10. The summed E-state index contributed by atoms with van der Waals surface area (Å²) in [6, 6.07) is 13.8. The summed E-state index contributed by atoms with van der Waals surface area (Å²) in [4.78, 5) is 13.4. The number of methoxy groups -OCH3 is 1. The first-order valence-electron chi connectivity index (χ1n) is 11.4. The Morgan fingerprint density at radius 3 is 2.50 bits per heavy atom. The van der Waals surface area contributed by atoms with Gasteiger partial charge in [0.25, 0.3) is 0 Å². The summed E-state index contributed by atoms with van der Waals surface area (Å²) in [5.41, 5.74) is 2.20. The van der Waals surface area contributed by atoms with Gasteiger partial charge in [0.05, 0.1) is 12.2 Å². The van der Waals surface area contributed by atoms with E-state index in [9.17, 15) is 18.3 Å². The molecule has 9 nitrogen and oxygen atoms in total. The number of carboxylic acid groups (broad SMARTS) is 1.